The van der Waals surface area contributed by atoms with Crippen molar-refractivity contribution in [3.63, 3.8) is 0 Å². The molecule has 6 nitrogen and oxygen atoms in total. The summed E-state index contributed by atoms with van der Waals surface area (Å²) in [6, 6.07) is 0. The molecule has 1 unspecified atom stereocenters. The van der Waals surface area contributed by atoms with Crippen LogP contribution >= 0.6 is 0 Å². The van der Waals surface area contributed by atoms with Gasteiger partial charge in [-0.15, -0.1) is 0 Å². The van der Waals surface area contributed by atoms with Crippen molar-refractivity contribution in [2.75, 3.05) is 26.2 Å². The Labute approximate surface area is 125 Å². The van der Waals surface area contributed by atoms with Crippen molar-refractivity contribution in [2.45, 2.75) is 44.1 Å². The number of allylic oxidation sites excluding steroid dienone is 1. The largest absolute Gasteiger partial charge is 0.480 e. The van der Waals surface area contributed by atoms with Crippen LogP contribution in [0.4, 0.5) is 0 Å². The number of carbonyl (C=O) groups excluding carboxylic acids is 1. The quantitative estimate of drug-likeness (QED) is 0.620. The maximum atomic E-state index is 11.9. The van der Waals surface area contributed by atoms with Crippen LogP contribution in [-0.2, 0) is 9.59 Å². The molecule has 0 spiro atoms. The van der Waals surface area contributed by atoms with Crippen molar-refractivity contribution in [1.82, 2.24) is 10.2 Å². The Balaban J connectivity index is 1.66. The third-order valence-electron chi connectivity index (χ3n) is 4.33. The molecular formula is C15H25N3O3. The zero-order chi connectivity index (χ0) is 15.3. The summed E-state index contributed by atoms with van der Waals surface area (Å²) in [5, 5.41) is 12.0. The Morgan fingerprint density at radius 1 is 1.43 bits per heavy atom. The number of hydrogen-bond acceptors (Lipinski definition) is 4. The number of amides is 1. The van der Waals surface area contributed by atoms with Gasteiger partial charge in [0.25, 0.3) is 0 Å². The number of likely N-dealkylation sites (tertiary alicyclic amines) is 1. The molecule has 1 aliphatic heterocycles. The Bertz CT molecular complexity index is 436. The van der Waals surface area contributed by atoms with Crippen LogP contribution in [0.15, 0.2) is 11.6 Å². The van der Waals surface area contributed by atoms with Gasteiger partial charge in [-0.1, -0.05) is 11.6 Å². The molecule has 0 bridgehead atoms. The highest BCUT2D eigenvalue weighted by Gasteiger charge is 2.41. The highest BCUT2D eigenvalue weighted by Crippen LogP contribution is 2.20. The molecule has 0 aromatic carbocycles. The number of hydrogen-bond donors (Lipinski definition) is 3. The van der Waals surface area contributed by atoms with Gasteiger partial charge in [0.05, 0.1) is 6.54 Å². The first-order valence-corrected chi connectivity index (χ1v) is 7.69. The minimum absolute atomic E-state index is 0.0546. The van der Waals surface area contributed by atoms with Crippen molar-refractivity contribution in [3.05, 3.63) is 11.6 Å². The number of carboxylic acids is 1. The number of nitrogens with one attached hydrogen (secondary N) is 1. The van der Waals surface area contributed by atoms with Crippen LogP contribution in [0.1, 0.15) is 38.5 Å². The van der Waals surface area contributed by atoms with E-state index < -0.39 is 11.5 Å². The summed E-state index contributed by atoms with van der Waals surface area (Å²) in [7, 11) is 0. The molecule has 0 saturated carbocycles. The average molecular weight is 295 g/mol. The predicted octanol–water partition coefficient (Wildman–Crippen LogP) is 0.481. The van der Waals surface area contributed by atoms with Gasteiger partial charge in [0, 0.05) is 19.6 Å². The van der Waals surface area contributed by atoms with Crippen LogP contribution < -0.4 is 11.1 Å². The lowest BCUT2D eigenvalue weighted by molar-refractivity contribution is -0.143. The second-order valence-corrected chi connectivity index (χ2v) is 6.13. The molecule has 1 amide bonds. The number of aliphatic carboxylic acids is 1. The summed E-state index contributed by atoms with van der Waals surface area (Å²) in [6.45, 7) is 1.68. The summed E-state index contributed by atoms with van der Waals surface area (Å²) in [5.74, 6) is -1.05. The number of nitrogens with zero attached hydrogens (tertiary/aromatic N) is 1. The molecule has 1 saturated heterocycles. The van der Waals surface area contributed by atoms with Gasteiger partial charge < -0.3 is 16.2 Å². The summed E-state index contributed by atoms with van der Waals surface area (Å²) in [4.78, 5) is 24.7. The van der Waals surface area contributed by atoms with Gasteiger partial charge in [0.15, 0.2) is 0 Å². The lowest BCUT2D eigenvalue weighted by atomic mass is 9.97. The van der Waals surface area contributed by atoms with Gasteiger partial charge in [-0.2, -0.15) is 0 Å². The standard InChI is InChI=1S/C15H25N3O3/c16-15(14(20)21)7-9-18(11-15)10-13(19)17-8-6-12-4-2-1-3-5-12/h4H,1-3,5-11,16H2,(H,17,19)(H,20,21). The molecule has 1 heterocycles. The Morgan fingerprint density at radius 2 is 2.24 bits per heavy atom. The van der Waals surface area contributed by atoms with E-state index in [0.717, 1.165) is 19.3 Å². The van der Waals surface area contributed by atoms with E-state index in [1.165, 1.54) is 18.4 Å². The molecule has 0 radical (unpaired) electrons. The monoisotopic (exact) mass is 295 g/mol. The summed E-state index contributed by atoms with van der Waals surface area (Å²) < 4.78 is 0. The summed E-state index contributed by atoms with van der Waals surface area (Å²) in [5.41, 5.74) is 6.02. The van der Waals surface area contributed by atoms with Crippen molar-refractivity contribution in [2.24, 2.45) is 5.73 Å². The normalized spacial score (nSPS) is 26.4. The number of rotatable bonds is 6. The Hall–Kier alpha value is -1.40. The topological polar surface area (TPSA) is 95.7 Å². The van der Waals surface area contributed by atoms with E-state index >= 15 is 0 Å². The first kappa shape index (κ1) is 16.0. The molecule has 6 heteroatoms. The molecule has 0 aromatic rings. The fourth-order valence-corrected chi connectivity index (χ4v) is 2.98. The van der Waals surface area contributed by atoms with E-state index in [2.05, 4.69) is 11.4 Å². The smallest absolute Gasteiger partial charge is 0.325 e. The lowest BCUT2D eigenvalue weighted by Gasteiger charge is -2.19. The van der Waals surface area contributed by atoms with Crippen molar-refractivity contribution < 1.29 is 14.7 Å². The van der Waals surface area contributed by atoms with E-state index in [0.29, 0.717) is 19.5 Å². The zero-order valence-corrected chi connectivity index (χ0v) is 12.4. The minimum Gasteiger partial charge on any atom is -0.480 e. The molecule has 1 fully saturated rings. The fourth-order valence-electron chi connectivity index (χ4n) is 2.98. The highest BCUT2D eigenvalue weighted by atomic mass is 16.4. The first-order chi connectivity index (χ1) is 9.99. The van der Waals surface area contributed by atoms with E-state index in [-0.39, 0.29) is 19.0 Å². The molecule has 21 heavy (non-hydrogen) atoms. The van der Waals surface area contributed by atoms with Gasteiger partial charge >= 0.3 is 5.97 Å². The number of nitrogens with two attached hydrogens (primary N) is 1. The number of carboxylic acid groups (broad SMARTS) is 1. The van der Waals surface area contributed by atoms with E-state index in [1.54, 1.807) is 0 Å². The molecule has 118 valence electrons. The summed E-state index contributed by atoms with van der Waals surface area (Å²) >= 11 is 0. The van der Waals surface area contributed by atoms with Crippen molar-refractivity contribution >= 4 is 11.9 Å². The van der Waals surface area contributed by atoms with Crippen molar-refractivity contribution in [3.8, 4) is 0 Å². The van der Waals surface area contributed by atoms with Gasteiger partial charge in [0.1, 0.15) is 5.54 Å². The first-order valence-electron chi connectivity index (χ1n) is 7.69. The molecule has 1 atom stereocenters. The van der Waals surface area contributed by atoms with E-state index in [9.17, 15) is 9.59 Å². The lowest BCUT2D eigenvalue weighted by Crippen LogP contribution is -2.50. The SMILES string of the molecule is NC1(C(=O)O)CCN(CC(=O)NCCC2=CCCCC2)C1. The Morgan fingerprint density at radius 3 is 2.86 bits per heavy atom. The fraction of sp³-hybridized carbons (Fsp3) is 0.733. The average Bonchev–Trinajstić information content (AvgIpc) is 2.83. The third kappa shape index (κ3) is 4.54. The van der Waals surface area contributed by atoms with Crippen LogP contribution in [0.2, 0.25) is 0 Å². The second-order valence-electron chi connectivity index (χ2n) is 6.13. The van der Waals surface area contributed by atoms with Gasteiger partial charge in [0.2, 0.25) is 5.91 Å². The number of carbonyl (C=O) groups is 2. The molecule has 4 N–H and O–H groups in total. The van der Waals surface area contributed by atoms with Crippen LogP contribution in [0, 0.1) is 0 Å². The molecule has 0 aromatic heterocycles. The van der Waals surface area contributed by atoms with Crippen LogP contribution in [-0.4, -0.2) is 53.6 Å². The molecular weight excluding hydrogens is 270 g/mol. The highest BCUT2D eigenvalue weighted by molar-refractivity contribution is 5.80. The molecule has 1 aliphatic carbocycles. The van der Waals surface area contributed by atoms with Crippen molar-refractivity contribution in [1.29, 1.82) is 0 Å². The van der Waals surface area contributed by atoms with Crippen LogP contribution in [0.25, 0.3) is 0 Å². The second kappa shape index (κ2) is 7.04. The molecule has 2 rings (SSSR count). The van der Waals surface area contributed by atoms with E-state index in [4.69, 9.17) is 10.8 Å². The third-order valence-corrected chi connectivity index (χ3v) is 4.33. The van der Waals surface area contributed by atoms with Gasteiger partial charge in [-0.3, -0.25) is 14.5 Å². The van der Waals surface area contributed by atoms with Gasteiger partial charge in [-0.25, -0.2) is 0 Å². The maximum absolute atomic E-state index is 11.9. The van der Waals surface area contributed by atoms with E-state index in [1.807, 2.05) is 4.90 Å². The summed E-state index contributed by atoms with van der Waals surface area (Å²) in [6.07, 6.45) is 8.42. The zero-order valence-electron chi connectivity index (χ0n) is 12.4. The maximum Gasteiger partial charge on any atom is 0.325 e. The van der Waals surface area contributed by atoms with Crippen LogP contribution in [0.3, 0.4) is 0 Å². The van der Waals surface area contributed by atoms with Crippen LogP contribution in [0.5, 0.6) is 0 Å². The molecule has 2 aliphatic rings. The predicted molar refractivity (Wildman–Crippen MR) is 79.8 cm³/mol. The van der Waals surface area contributed by atoms with Gasteiger partial charge in [-0.05, 0) is 38.5 Å². The Kier molecular flexibility index (Phi) is 5.36. The minimum atomic E-state index is -1.20.